The van der Waals surface area contributed by atoms with Crippen LogP contribution in [0, 0.1) is 0 Å². The zero-order valence-corrected chi connectivity index (χ0v) is 15.3. The molecule has 1 fully saturated rings. The minimum absolute atomic E-state index is 0.256. The van der Waals surface area contributed by atoms with Crippen LogP contribution in [0.3, 0.4) is 0 Å². The molecule has 1 N–H and O–H groups in total. The second kappa shape index (κ2) is 8.39. The second-order valence-electron chi connectivity index (χ2n) is 6.05. The van der Waals surface area contributed by atoms with E-state index in [0.29, 0.717) is 48.9 Å². The Labute approximate surface area is 157 Å². The molecule has 3 rings (SSSR count). The van der Waals surface area contributed by atoms with Crippen molar-refractivity contribution in [1.82, 2.24) is 9.88 Å². The molecular weight excluding hydrogens is 348 g/mol. The minimum Gasteiger partial charge on any atom is -0.497 e. The van der Waals surface area contributed by atoms with Crippen molar-refractivity contribution in [3.05, 3.63) is 42.1 Å². The van der Waals surface area contributed by atoms with Gasteiger partial charge in [0.1, 0.15) is 17.3 Å². The topological polar surface area (TPSA) is 84.0 Å². The van der Waals surface area contributed by atoms with Gasteiger partial charge >= 0.3 is 0 Å². The number of amides is 2. The van der Waals surface area contributed by atoms with E-state index in [4.69, 9.17) is 9.47 Å². The van der Waals surface area contributed by atoms with E-state index < -0.39 is 0 Å². The summed E-state index contributed by atoms with van der Waals surface area (Å²) in [6.07, 6.45) is 2.47. The van der Waals surface area contributed by atoms with E-state index in [1.165, 1.54) is 7.11 Å². The smallest absolute Gasteiger partial charge is 0.255 e. The molecule has 0 spiro atoms. The number of anilines is 2. The Morgan fingerprint density at radius 1 is 1.11 bits per heavy atom. The molecule has 8 nitrogen and oxygen atoms in total. The van der Waals surface area contributed by atoms with Gasteiger partial charge in [-0.15, -0.1) is 0 Å². The quantitative estimate of drug-likeness (QED) is 0.778. The van der Waals surface area contributed by atoms with Crippen molar-refractivity contribution in [2.75, 3.05) is 50.6 Å². The summed E-state index contributed by atoms with van der Waals surface area (Å²) in [5.41, 5.74) is 1.05. The van der Waals surface area contributed by atoms with Crippen molar-refractivity contribution in [1.29, 1.82) is 0 Å². The number of carbonyl (C=O) groups is 2. The van der Waals surface area contributed by atoms with Crippen LogP contribution in [0.2, 0.25) is 0 Å². The van der Waals surface area contributed by atoms with E-state index in [9.17, 15) is 9.59 Å². The third kappa shape index (κ3) is 4.28. The van der Waals surface area contributed by atoms with Crippen LogP contribution in [-0.4, -0.2) is 62.6 Å². The molecule has 0 saturated carbocycles. The first-order valence-electron chi connectivity index (χ1n) is 8.58. The molecule has 0 atom stereocenters. The van der Waals surface area contributed by atoms with Crippen LogP contribution >= 0.6 is 0 Å². The largest absolute Gasteiger partial charge is 0.497 e. The molecule has 8 heteroatoms. The lowest BCUT2D eigenvalue weighted by atomic mass is 10.2. The molecule has 1 saturated heterocycles. The molecule has 1 aliphatic heterocycles. The van der Waals surface area contributed by atoms with Crippen LogP contribution in [0.4, 0.5) is 11.5 Å². The molecule has 2 amide bonds. The average molecular weight is 370 g/mol. The predicted octanol–water partition coefficient (Wildman–Crippen LogP) is 1.63. The Kier molecular flexibility index (Phi) is 5.75. The maximum atomic E-state index is 12.7. The summed E-state index contributed by atoms with van der Waals surface area (Å²) in [5, 5.41) is 2.86. The SMILES string of the molecule is COc1ccc(NC(=O)c2ccnc(N3CCN(C=O)CC3)c2)c(OC)c1. The van der Waals surface area contributed by atoms with Crippen LogP contribution in [0.5, 0.6) is 11.5 Å². The fourth-order valence-electron chi connectivity index (χ4n) is 2.89. The number of pyridine rings is 1. The Bertz CT molecular complexity index is 819. The van der Waals surface area contributed by atoms with E-state index in [1.807, 2.05) is 0 Å². The van der Waals surface area contributed by atoms with Gasteiger partial charge in [0, 0.05) is 44.0 Å². The number of rotatable bonds is 6. The van der Waals surface area contributed by atoms with Gasteiger partial charge < -0.3 is 24.6 Å². The second-order valence-corrected chi connectivity index (χ2v) is 6.05. The molecule has 1 aliphatic rings. The van der Waals surface area contributed by atoms with Gasteiger partial charge in [-0.3, -0.25) is 9.59 Å². The summed E-state index contributed by atoms with van der Waals surface area (Å²) < 4.78 is 10.5. The number of carbonyl (C=O) groups excluding carboxylic acids is 2. The highest BCUT2D eigenvalue weighted by atomic mass is 16.5. The van der Waals surface area contributed by atoms with Crippen LogP contribution in [0.25, 0.3) is 0 Å². The van der Waals surface area contributed by atoms with Crippen molar-refractivity contribution < 1.29 is 19.1 Å². The van der Waals surface area contributed by atoms with Crippen molar-refractivity contribution in [2.45, 2.75) is 0 Å². The zero-order chi connectivity index (χ0) is 19.2. The first kappa shape index (κ1) is 18.5. The predicted molar refractivity (Wildman–Crippen MR) is 102 cm³/mol. The molecule has 142 valence electrons. The van der Waals surface area contributed by atoms with Gasteiger partial charge in [-0.05, 0) is 24.3 Å². The molecule has 2 heterocycles. The third-order valence-corrected chi connectivity index (χ3v) is 4.45. The first-order chi connectivity index (χ1) is 13.1. The normalized spacial score (nSPS) is 13.9. The van der Waals surface area contributed by atoms with E-state index in [0.717, 1.165) is 12.2 Å². The number of hydrogen-bond acceptors (Lipinski definition) is 6. The van der Waals surface area contributed by atoms with Gasteiger partial charge in [0.2, 0.25) is 6.41 Å². The van der Waals surface area contributed by atoms with Crippen molar-refractivity contribution in [3.63, 3.8) is 0 Å². The van der Waals surface area contributed by atoms with E-state index in [-0.39, 0.29) is 5.91 Å². The van der Waals surface area contributed by atoms with Crippen LogP contribution in [0.1, 0.15) is 10.4 Å². The minimum atomic E-state index is -0.256. The fourth-order valence-corrected chi connectivity index (χ4v) is 2.89. The van der Waals surface area contributed by atoms with Gasteiger partial charge in [-0.25, -0.2) is 4.98 Å². The first-order valence-corrected chi connectivity index (χ1v) is 8.58. The summed E-state index contributed by atoms with van der Waals surface area (Å²) in [6, 6.07) is 8.61. The Hall–Kier alpha value is -3.29. The van der Waals surface area contributed by atoms with E-state index >= 15 is 0 Å². The summed E-state index contributed by atoms with van der Waals surface area (Å²) in [6.45, 7) is 2.65. The Morgan fingerprint density at radius 2 is 1.89 bits per heavy atom. The highest BCUT2D eigenvalue weighted by Gasteiger charge is 2.18. The molecular formula is C19H22N4O4. The molecule has 1 aromatic carbocycles. The lowest BCUT2D eigenvalue weighted by Crippen LogP contribution is -2.46. The highest BCUT2D eigenvalue weighted by Crippen LogP contribution is 2.29. The van der Waals surface area contributed by atoms with Gasteiger partial charge in [-0.2, -0.15) is 0 Å². The third-order valence-electron chi connectivity index (χ3n) is 4.45. The van der Waals surface area contributed by atoms with E-state index in [2.05, 4.69) is 15.2 Å². The molecule has 0 bridgehead atoms. The van der Waals surface area contributed by atoms with Crippen molar-refractivity contribution in [2.24, 2.45) is 0 Å². The fraction of sp³-hybridized carbons (Fsp3) is 0.316. The number of nitrogens with zero attached hydrogens (tertiary/aromatic N) is 3. The summed E-state index contributed by atoms with van der Waals surface area (Å²) in [7, 11) is 3.11. The lowest BCUT2D eigenvalue weighted by molar-refractivity contribution is -0.118. The molecule has 1 aromatic heterocycles. The number of piperazine rings is 1. The highest BCUT2D eigenvalue weighted by molar-refractivity contribution is 6.05. The monoisotopic (exact) mass is 370 g/mol. The number of methoxy groups -OCH3 is 2. The average Bonchev–Trinajstić information content (AvgIpc) is 2.74. The van der Waals surface area contributed by atoms with Gasteiger partial charge in [0.25, 0.3) is 5.91 Å². The van der Waals surface area contributed by atoms with Crippen molar-refractivity contribution >= 4 is 23.8 Å². The van der Waals surface area contributed by atoms with Crippen LogP contribution < -0.4 is 19.7 Å². The van der Waals surface area contributed by atoms with Crippen LogP contribution in [-0.2, 0) is 4.79 Å². The molecule has 2 aromatic rings. The summed E-state index contributed by atoms with van der Waals surface area (Å²) >= 11 is 0. The van der Waals surface area contributed by atoms with Gasteiger partial charge in [-0.1, -0.05) is 0 Å². The Balaban J connectivity index is 1.73. The number of benzene rings is 1. The summed E-state index contributed by atoms with van der Waals surface area (Å²) in [4.78, 5) is 31.6. The maximum Gasteiger partial charge on any atom is 0.255 e. The van der Waals surface area contributed by atoms with E-state index in [1.54, 1.807) is 48.5 Å². The van der Waals surface area contributed by atoms with Crippen molar-refractivity contribution in [3.8, 4) is 11.5 Å². The molecule has 27 heavy (non-hydrogen) atoms. The van der Waals surface area contributed by atoms with Gasteiger partial charge in [0.05, 0.1) is 19.9 Å². The number of aromatic nitrogens is 1. The number of ether oxygens (including phenoxy) is 2. The van der Waals surface area contributed by atoms with Gasteiger partial charge in [0.15, 0.2) is 0 Å². The molecule has 0 radical (unpaired) electrons. The standard InChI is InChI=1S/C19H22N4O4/c1-26-15-3-4-16(17(12-15)27-2)21-19(25)14-5-6-20-18(11-14)23-9-7-22(13-24)8-10-23/h3-6,11-13H,7-10H2,1-2H3,(H,21,25). The molecule has 0 unspecified atom stereocenters. The lowest BCUT2D eigenvalue weighted by Gasteiger charge is -2.33. The maximum absolute atomic E-state index is 12.7. The van der Waals surface area contributed by atoms with Crippen LogP contribution in [0.15, 0.2) is 36.5 Å². The Morgan fingerprint density at radius 3 is 2.56 bits per heavy atom. The summed E-state index contributed by atoms with van der Waals surface area (Å²) in [5.74, 6) is 1.62. The number of hydrogen-bond donors (Lipinski definition) is 1. The number of nitrogens with one attached hydrogen (secondary N) is 1. The molecule has 0 aliphatic carbocycles. The zero-order valence-electron chi connectivity index (χ0n) is 15.3.